The molecule has 0 atom stereocenters. The molecule has 0 aliphatic carbocycles. The van der Waals surface area contributed by atoms with Crippen LogP contribution in [0.4, 0.5) is 0 Å². The number of para-hydroxylation sites is 1. The summed E-state index contributed by atoms with van der Waals surface area (Å²) < 4.78 is 12.4. The van der Waals surface area contributed by atoms with Gasteiger partial charge in [-0.2, -0.15) is 0 Å². The van der Waals surface area contributed by atoms with Crippen molar-refractivity contribution in [2.24, 2.45) is 0 Å². The lowest BCUT2D eigenvalue weighted by Crippen LogP contribution is -1.96. The van der Waals surface area contributed by atoms with Gasteiger partial charge in [-0.05, 0) is 47.7 Å². The molecule has 0 amide bonds. The zero-order valence-electron chi connectivity index (χ0n) is 30.0. The lowest BCUT2D eigenvalue weighted by Gasteiger charge is -2.11. The Balaban J connectivity index is 1.05. The topological polar surface area (TPSA) is 65.0 Å². The smallest absolute Gasteiger partial charge is 0.228 e. The first-order chi connectivity index (χ1) is 27.1. The summed E-state index contributed by atoms with van der Waals surface area (Å²) in [6, 6.07) is 52.1. The number of pyridine rings is 1. The molecule has 0 bridgehead atoms. The fourth-order valence-corrected chi connectivity index (χ4v) is 7.61. The van der Waals surface area contributed by atoms with Gasteiger partial charge in [-0.1, -0.05) is 152 Å². The van der Waals surface area contributed by atoms with Crippen molar-refractivity contribution in [2.45, 2.75) is 6.92 Å². The van der Waals surface area contributed by atoms with E-state index in [4.69, 9.17) is 23.8 Å². The summed E-state index contributed by atoms with van der Waals surface area (Å²) in [6.07, 6.45) is 5.56. The molecule has 5 nitrogen and oxygen atoms in total. The molecule has 6 aromatic carbocycles. The maximum absolute atomic E-state index is 6.27. The van der Waals surface area contributed by atoms with E-state index in [1.54, 1.807) is 6.08 Å². The average Bonchev–Trinajstić information content (AvgIpc) is 3.79. The second-order valence-electron chi connectivity index (χ2n) is 13.6. The predicted octanol–water partition coefficient (Wildman–Crippen LogP) is 13.5. The van der Waals surface area contributed by atoms with E-state index in [9.17, 15) is 0 Å². The molecule has 55 heavy (non-hydrogen) atoms. The Hall–Kier alpha value is -7.37. The Morgan fingerprint density at radius 1 is 0.509 bits per heavy atom. The fraction of sp³-hybridized carbons (Fsp3) is 0.0200. The summed E-state index contributed by atoms with van der Waals surface area (Å²) in [6.45, 7) is 5.88. The molecule has 4 heterocycles. The Labute approximate surface area is 317 Å². The molecule has 0 aliphatic rings. The van der Waals surface area contributed by atoms with Crippen LogP contribution in [0.5, 0.6) is 0 Å². The van der Waals surface area contributed by atoms with E-state index in [0.29, 0.717) is 11.5 Å². The maximum Gasteiger partial charge on any atom is 0.228 e. The van der Waals surface area contributed by atoms with Crippen molar-refractivity contribution in [3.63, 3.8) is 0 Å². The SMILES string of the molecule is C=C/C=C\c1oc2nc(-c3ccc(-c4cc(-c5ccccc5)nc(-c5ccc(-c6cccc7oc8ccccc8c67)cc5)n4)cc3)c3ccccc3c2c1C. The summed E-state index contributed by atoms with van der Waals surface area (Å²) >= 11 is 0. The average molecular weight is 708 g/mol. The highest BCUT2D eigenvalue weighted by Gasteiger charge is 2.18. The molecule has 10 aromatic rings. The third-order valence-electron chi connectivity index (χ3n) is 10.3. The zero-order chi connectivity index (χ0) is 36.9. The third-order valence-corrected chi connectivity index (χ3v) is 10.3. The van der Waals surface area contributed by atoms with E-state index in [0.717, 1.165) is 99.9 Å². The Morgan fingerprint density at radius 3 is 1.89 bits per heavy atom. The van der Waals surface area contributed by atoms with Gasteiger partial charge in [-0.15, -0.1) is 0 Å². The van der Waals surface area contributed by atoms with Gasteiger partial charge in [0.25, 0.3) is 0 Å². The summed E-state index contributed by atoms with van der Waals surface area (Å²) in [5.41, 5.74) is 12.2. The molecule has 0 unspecified atom stereocenters. The lowest BCUT2D eigenvalue weighted by atomic mass is 9.98. The van der Waals surface area contributed by atoms with Crippen molar-refractivity contribution in [3.05, 3.63) is 182 Å². The van der Waals surface area contributed by atoms with Gasteiger partial charge in [0.05, 0.1) is 22.5 Å². The largest absolute Gasteiger partial charge is 0.456 e. The van der Waals surface area contributed by atoms with E-state index in [2.05, 4.69) is 123 Å². The molecule has 10 rings (SSSR count). The number of rotatable bonds is 7. The number of furan rings is 2. The van der Waals surface area contributed by atoms with Crippen molar-refractivity contribution in [2.75, 3.05) is 0 Å². The number of benzene rings is 6. The van der Waals surface area contributed by atoms with Crippen LogP contribution in [0, 0.1) is 6.92 Å². The third kappa shape index (κ3) is 5.61. The molecular weight excluding hydrogens is 675 g/mol. The molecule has 0 N–H and O–H groups in total. The van der Waals surface area contributed by atoms with Crippen LogP contribution < -0.4 is 0 Å². The molecule has 260 valence electrons. The molecule has 0 saturated heterocycles. The van der Waals surface area contributed by atoms with Crippen molar-refractivity contribution < 1.29 is 8.83 Å². The van der Waals surface area contributed by atoms with Gasteiger partial charge in [0.2, 0.25) is 5.71 Å². The van der Waals surface area contributed by atoms with Crippen molar-refractivity contribution >= 4 is 49.9 Å². The highest BCUT2D eigenvalue weighted by molar-refractivity contribution is 6.13. The number of aromatic nitrogens is 3. The number of aryl methyl sites for hydroxylation is 1. The normalized spacial score (nSPS) is 11.7. The Kier molecular flexibility index (Phi) is 7.77. The zero-order valence-corrected chi connectivity index (χ0v) is 30.0. The van der Waals surface area contributed by atoms with Crippen LogP contribution in [0.1, 0.15) is 11.3 Å². The molecular formula is C50H33N3O2. The van der Waals surface area contributed by atoms with Gasteiger partial charge < -0.3 is 8.83 Å². The molecule has 0 radical (unpaired) electrons. The monoisotopic (exact) mass is 707 g/mol. The van der Waals surface area contributed by atoms with Gasteiger partial charge in [0, 0.05) is 44.0 Å². The summed E-state index contributed by atoms with van der Waals surface area (Å²) in [7, 11) is 0. The second kappa shape index (κ2) is 13.2. The predicted molar refractivity (Wildman–Crippen MR) is 226 cm³/mol. The number of nitrogens with zero attached hydrogens (tertiary/aromatic N) is 3. The summed E-state index contributed by atoms with van der Waals surface area (Å²) in [5, 5.41) is 5.44. The van der Waals surface area contributed by atoms with Gasteiger partial charge in [0.15, 0.2) is 5.82 Å². The van der Waals surface area contributed by atoms with Gasteiger partial charge >= 0.3 is 0 Å². The van der Waals surface area contributed by atoms with E-state index in [-0.39, 0.29) is 0 Å². The number of fused-ring (bicyclic) bond motifs is 6. The van der Waals surface area contributed by atoms with Crippen molar-refractivity contribution in [1.82, 2.24) is 15.0 Å². The van der Waals surface area contributed by atoms with Crippen LogP contribution in [-0.2, 0) is 0 Å². The van der Waals surface area contributed by atoms with Gasteiger partial charge in [-0.3, -0.25) is 0 Å². The van der Waals surface area contributed by atoms with Crippen LogP contribution in [0.2, 0.25) is 0 Å². The minimum Gasteiger partial charge on any atom is -0.456 e. The minimum absolute atomic E-state index is 0.618. The molecule has 0 aliphatic heterocycles. The highest BCUT2D eigenvalue weighted by Crippen LogP contribution is 2.39. The first-order valence-corrected chi connectivity index (χ1v) is 18.3. The molecule has 5 heteroatoms. The summed E-state index contributed by atoms with van der Waals surface area (Å²) in [5.74, 6) is 1.44. The molecule has 0 fully saturated rings. The first kappa shape index (κ1) is 32.3. The number of hydrogen-bond acceptors (Lipinski definition) is 5. The Morgan fingerprint density at radius 2 is 1.13 bits per heavy atom. The van der Waals surface area contributed by atoms with Crippen molar-refractivity contribution in [1.29, 1.82) is 0 Å². The van der Waals surface area contributed by atoms with E-state index in [1.165, 1.54) is 0 Å². The van der Waals surface area contributed by atoms with Crippen LogP contribution in [0.25, 0.3) is 106 Å². The highest BCUT2D eigenvalue weighted by atomic mass is 16.3. The fourth-order valence-electron chi connectivity index (χ4n) is 7.61. The van der Waals surface area contributed by atoms with Crippen LogP contribution in [0.3, 0.4) is 0 Å². The molecule has 0 spiro atoms. The van der Waals surface area contributed by atoms with Crippen LogP contribution in [0.15, 0.2) is 179 Å². The summed E-state index contributed by atoms with van der Waals surface area (Å²) in [4.78, 5) is 15.3. The van der Waals surface area contributed by atoms with E-state index in [1.807, 2.05) is 54.6 Å². The minimum atomic E-state index is 0.618. The first-order valence-electron chi connectivity index (χ1n) is 18.3. The standard InChI is InChI=1S/C50H33N3O2/c1-3-4-19-43-31(2)46-38-15-8-9-16-39(38)48(53-50(46)55-43)35-26-24-34(25-27-35)42-30-41(33-13-6-5-7-14-33)51-49(52-42)36-28-22-32(23-29-36)37-18-12-21-45-47(37)40-17-10-11-20-44(40)54-45/h3-30H,1H2,2H3/b19-4-. The lowest BCUT2D eigenvalue weighted by molar-refractivity contribution is 0.590. The Bertz CT molecular complexity index is 3100. The molecule has 4 aromatic heterocycles. The van der Waals surface area contributed by atoms with Crippen molar-refractivity contribution in [3.8, 4) is 56.3 Å². The number of allylic oxidation sites excluding steroid dienone is 2. The second-order valence-corrected chi connectivity index (χ2v) is 13.6. The van der Waals surface area contributed by atoms with Crippen LogP contribution >= 0.6 is 0 Å². The molecule has 0 saturated carbocycles. The van der Waals surface area contributed by atoms with Gasteiger partial charge in [-0.25, -0.2) is 15.0 Å². The quantitative estimate of drug-likeness (QED) is 0.154. The van der Waals surface area contributed by atoms with E-state index >= 15 is 0 Å². The maximum atomic E-state index is 6.27. The van der Waals surface area contributed by atoms with Gasteiger partial charge in [0.1, 0.15) is 16.9 Å². The van der Waals surface area contributed by atoms with Crippen LogP contribution in [-0.4, -0.2) is 15.0 Å². The van der Waals surface area contributed by atoms with E-state index < -0.39 is 0 Å². The number of hydrogen-bond donors (Lipinski definition) is 0.